The molecule has 0 bridgehead atoms. The van der Waals surface area contributed by atoms with Crippen molar-refractivity contribution in [3.8, 4) is 0 Å². The van der Waals surface area contributed by atoms with Crippen LogP contribution in [0.15, 0.2) is 11.1 Å². The number of carboxylic acid groups (broad SMARTS) is 1. The minimum absolute atomic E-state index is 0.0407. The summed E-state index contributed by atoms with van der Waals surface area (Å²) >= 11 is 0. The van der Waals surface area contributed by atoms with Crippen LogP contribution in [-0.2, 0) is 14.3 Å². The molecular weight excluding hydrogens is 340 g/mol. The standard InChI is InChI=1S/C19H32O7/c1-11(7-5-6-8-15-14(10-20)18(24)26-15)9-19(4,25)16(21)12(2)13(3)17(22)23/h11,14-16,20-21,25H,5-10H2,1-4H3,(H,22,23). The smallest absolute Gasteiger partial charge is 0.331 e. The zero-order valence-electron chi connectivity index (χ0n) is 16.1. The van der Waals surface area contributed by atoms with Crippen LogP contribution < -0.4 is 0 Å². The third-order valence-corrected chi connectivity index (χ3v) is 5.32. The number of aliphatic carboxylic acids is 1. The summed E-state index contributed by atoms with van der Waals surface area (Å²) in [5.41, 5.74) is -1.11. The zero-order chi connectivity index (χ0) is 20.1. The highest BCUT2D eigenvalue weighted by molar-refractivity contribution is 5.86. The van der Waals surface area contributed by atoms with E-state index in [1.165, 1.54) is 20.8 Å². The van der Waals surface area contributed by atoms with Gasteiger partial charge in [-0.3, -0.25) is 4.79 Å². The molecule has 0 aliphatic carbocycles. The first kappa shape index (κ1) is 22.6. The average Bonchev–Trinajstić information content (AvgIpc) is 2.55. The van der Waals surface area contributed by atoms with E-state index in [9.17, 15) is 19.8 Å². The van der Waals surface area contributed by atoms with E-state index in [0.717, 1.165) is 19.3 Å². The number of carbonyl (C=O) groups is 2. The number of aliphatic hydroxyl groups excluding tert-OH is 2. The minimum atomic E-state index is -1.41. The van der Waals surface area contributed by atoms with Gasteiger partial charge in [-0.2, -0.15) is 0 Å². The van der Waals surface area contributed by atoms with E-state index in [1.54, 1.807) is 0 Å². The quantitative estimate of drug-likeness (QED) is 0.247. The molecule has 26 heavy (non-hydrogen) atoms. The highest BCUT2D eigenvalue weighted by atomic mass is 16.6. The maximum Gasteiger partial charge on any atom is 0.331 e. The molecule has 0 amide bonds. The van der Waals surface area contributed by atoms with Crippen molar-refractivity contribution in [3.05, 3.63) is 11.1 Å². The molecule has 1 rings (SSSR count). The first-order valence-corrected chi connectivity index (χ1v) is 9.13. The van der Waals surface area contributed by atoms with Gasteiger partial charge in [0, 0.05) is 5.57 Å². The van der Waals surface area contributed by atoms with Crippen molar-refractivity contribution in [2.75, 3.05) is 6.61 Å². The van der Waals surface area contributed by atoms with Gasteiger partial charge in [0.05, 0.1) is 12.2 Å². The fraction of sp³-hybridized carbons (Fsp3) is 0.789. The van der Waals surface area contributed by atoms with Crippen molar-refractivity contribution >= 4 is 11.9 Å². The second kappa shape index (κ2) is 9.48. The maximum absolute atomic E-state index is 11.1. The molecule has 7 heteroatoms. The number of rotatable bonds is 11. The number of ether oxygens (including phenoxy) is 1. The Kier molecular flexibility index (Phi) is 8.24. The average molecular weight is 372 g/mol. The number of hydrogen-bond donors (Lipinski definition) is 4. The van der Waals surface area contributed by atoms with Gasteiger partial charge in [0.15, 0.2) is 0 Å². The van der Waals surface area contributed by atoms with Crippen molar-refractivity contribution in [1.29, 1.82) is 0 Å². The number of esters is 1. The largest absolute Gasteiger partial charge is 0.478 e. The lowest BCUT2D eigenvalue weighted by atomic mass is 9.82. The summed E-state index contributed by atoms with van der Waals surface area (Å²) in [4.78, 5) is 22.1. The molecule has 0 spiro atoms. The molecule has 5 unspecified atom stereocenters. The van der Waals surface area contributed by atoms with Gasteiger partial charge in [0.2, 0.25) is 0 Å². The van der Waals surface area contributed by atoms with Crippen LogP contribution in [0.3, 0.4) is 0 Å². The summed E-state index contributed by atoms with van der Waals surface area (Å²) in [6.07, 6.45) is 2.18. The first-order valence-electron chi connectivity index (χ1n) is 9.13. The van der Waals surface area contributed by atoms with Gasteiger partial charge in [-0.1, -0.05) is 19.8 Å². The molecule has 0 radical (unpaired) electrons. The summed E-state index contributed by atoms with van der Waals surface area (Å²) in [5.74, 6) is -1.70. The van der Waals surface area contributed by atoms with Crippen LogP contribution in [-0.4, -0.2) is 56.8 Å². The lowest BCUT2D eigenvalue weighted by Crippen LogP contribution is -2.47. The molecule has 1 heterocycles. The summed E-state index contributed by atoms with van der Waals surface area (Å²) in [5, 5.41) is 39.0. The van der Waals surface area contributed by atoms with Crippen LogP contribution in [0.5, 0.6) is 0 Å². The number of hydrogen-bond acceptors (Lipinski definition) is 6. The summed E-state index contributed by atoms with van der Waals surface area (Å²) < 4.78 is 5.00. The van der Waals surface area contributed by atoms with Gasteiger partial charge >= 0.3 is 11.9 Å². The molecule has 5 atom stereocenters. The van der Waals surface area contributed by atoms with E-state index in [1.807, 2.05) is 6.92 Å². The van der Waals surface area contributed by atoms with Gasteiger partial charge in [0.1, 0.15) is 18.1 Å². The Labute approximate surface area is 154 Å². The lowest BCUT2D eigenvalue weighted by molar-refractivity contribution is -0.189. The molecule has 150 valence electrons. The third kappa shape index (κ3) is 5.79. The van der Waals surface area contributed by atoms with E-state index in [4.69, 9.17) is 14.9 Å². The van der Waals surface area contributed by atoms with Crippen molar-refractivity contribution in [2.45, 2.75) is 77.6 Å². The Morgan fingerprint density at radius 3 is 2.42 bits per heavy atom. The van der Waals surface area contributed by atoms with Crippen molar-refractivity contribution in [2.24, 2.45) is 11.8 Å². The van der Waals surface area contributed by atoms with Crippen molar-refractivity contribution in [3.63, 3.8) is 0 Å². The monoisotopic (exact) mass is 372 g/mol. The number of cyclic esters (lactones) is 1. The maximum atomic E-state index is 11.1. The topological polar surface area (TPSA) is 124 Å². The number of carboxylic acids is 1. The number of carbonyl (C=O) groups excluding carboxylic acids is 1. The van der Waals surface area contributed by atoms with Crippen molar-refractivity contribution < 1.29 is 34.8 Å². The summed E-state index contributed by atoms with van der Waals surface area (Å²) in [6.45, 7) is 6.25. The fourth-order valence-corrected chi connectivity index (χ4v) is 3.45. The Morgan fingerprint density at radius 1 is 1.31 bits per heavy atom. The molecule has 4 N–H and O–H groups in total. The predicted octanol–water partition coefficient (Wildman–Crippen LogP) is 1.64. The van der Waals surface area contributed by atoms with Gasteiger partial charge in [-0.05, 0) is 51.5 Å². The second-order valence-electron chi connectivity index (χ2n) is 7.73. The van der Waals surface area contributed by atoms with E-state index in [-0.39, 0.29) is 35.7 Å². The molecule has 1 fully saturated rings. The first-order chi connectivity index (χ1) is 12.0. The molecule has 0 aromatic heterocycles. The predicted molar refractivity (Wildman–Crippen MR) is 95.3 cm³/mol. The molecule has 0 aromatic carbocycles. The van der Waals surface area contributed by atoms with Crippen LogP contribution >= 0.6 is 0 Å². The van der Waals surface area contributed by atoms with Crippen LogP contribution in [0.1, 0.15) is 59.8 Å². The Morgan fingerprint density at radius 2 is 1.92 bits per heavy atom. The van der Waals surface area contributed by atoms with Crippen LogP contribution in [0, 0.1) is 11.8 Å². The third-order valence-electron chi connectivity index (χ3n) is 5.32. The second-order valence-corrected chi connectivity index (χ2v) is 7.73. The summed E-state index contributed by atoms with van der Waals surface area (Å²) in [7, 11) is 0. The zero-order valence-corrected chi connectivity index (χ0v) is 16.1. The molecule has 1 aliphatic rings. The highest BCUT2D eigenvalue weighted by Crippen LogP contribution is 2.30. The number of aliphatic hydroxyl groups is 3. The molecule has 0 aromatic rings. The van der Waals surface area contributed by atoms with Crippen LogP contribution in [0.25, 0.3) is 0 Å². The van der Waals surface area contributed by atoms with E-state index < -0.39 is 23.6 Å². The van der Waals surface area contributed by atoms with Crippen molar-refractivity contribution in [1.82, 2.24) is 0 Å². The molecule has 7 nitrogen and oxygen atoms in total. The molecule has 0 saturated carbocycles. The minimum Gasteiger partial charge on any atom is -0.478 e. The van der Waals surface area contributed by atoms with Gasteiger partial charge in [-0.15, -0.1) is 0 Å². The van der Waals surface area contributed by atoms with E-state index >= 15 is 0 Å². The summed E-state index contributed by atoms with van der Waals surface area (Å²) in [6, 6.07) is 0. The van der Waals surface area contributed by atoms with Gasteiger partial charge in [0.25, 0.3) is 0 Å². The van der Waals surface area contributed by atoms with Gasteiger partial charge in [-0.25, -0.2) is 4.79 Å². The van der Waals surface area contributed by atoms with E-state index in [0.29, 0.717) is 12.8 Å². The molecule has 1 saturated heterocycles. The molecular formula is C19H32O7. The Balaban J connectivity index is 2.41. The van der Waals surface area contributed by atoms with E-state index in [2.05, 4.69) is 0 Å². The lowest BCUT2D eigenvalue weighted by Gasteiger charge is -2.34. The van der Waals surface area contributed by atoms with Crippen LogP contribution in [0.4, 0.5) is 0 Å². The van der Waals surface area contributed by atoms with Crippen LogP contribution in [0.2, 0.25) is 0 Å². The van der Waals surface area contributed by atoms with Gasteiger partial charge < -0.3 is 25.2 Å². The Bertz CT molecular complexity index is 538. The highest BCUT2D eigenvalue weighted by Gasteiger charge is 2.41. The molecule has 1 aliphatic heterocycles. The Hall–Kier alpha value is -1.44. The normalized spacial score (nSPS) is 25.4. The number of unbranched alkanes of at least 4 members (excludes halogenated alkanes) is 1. The fourth-order valence-electron chi connectivity index (χ4n) is 3.45. The SMILES string of the molecule is CC(C(=O)O)=C(C)C(O)C(C)(O)CC(C)CCCCC1OC(=O)C1CO.